The van der Waals surface area contributed by atoms with Crippen LogP contribution < -0.4 is 0 Å². The predicted octanol–water partition coefficient (Wildman–Crippen LogP) is 0.628. The van der Waals surface area contributed by atoms with Crippen LogP contribution in [0.4, 0.5) is 0 Å². The molecule has 5 heteroatoms. The van der Waals surface area contributed by atoms with Crippen LogP contribution in [0.5, 0.6) is 0 Å². The van der Waals surface area contributed by atoms with Crippen LogP contribution in [-0.2, 0) is 9.84 Å². The molecule has 1 rings (SSSR count). The Morgan fingerprint density at radius 1 is 1.36 bits per heavy atom. The number of aliphatic hydroxyl groups excluding tert-OH is 1. The van der Waals surface area contributed by atoms with E-state index in [0.29, 0.717) is 12.8 Å². The molecular weight excluding hydrogens is 202 g/mol. The van der Waals surface area contributed by atoms with Crippen molar-refractivity contribution in [2.24, 2.45) is 0 Å². The van der Waals surface area contributed by atoms with E-state index in [1.54, 1.807) is 6.07 Å². The second kappa shape index (κ2) is 5.07. The number of pyridine rings is 1. The molecule has 0 unspecified atom stereocenters. The molecule has 1 aromatic rings. The quantitative estimate of drug-likeness (QED) is 0.731. The van der Waals surface area contributed by atoms with Crippen LogP contribution in [0.1, 0.15) is 12.8 Å². The predicted molar refractivity (Wildman–Crippen MR) is 52.6 cm³/mol. The Labute approximate surface area is 83.5 Å². The first-order valence-corrected chi connectivity index (χ1v) is 6.06. The molecule has 0 aliphatic heterocycles. The lowest BCUT2D eigenvalue weighted by atomic mass is 10.4. The van der Waals surface area contributed by atoms with Gasteiger partial charge in [-0.3, -0.25) is 4.98 Å². The smallest absolute Gasteiger partial charge is 0.179 e. The van der Waals surface area contributed by atoms with E-state index in [-0.39, 0.29) is 17.3 Å². The fraction of sp³-hybridized carbons (Fsp3) is 0.444. The molecule has 0 aliphatic carbocycles. The molecule has 0 saturated heterocycles. The fourth-order valence-electron chi connectivity index (χ4n) is 1.05. The second-order valence-electron chi connectivity index (χ2n) is 2.94. The van der Waals surface area contributed by atoms with E-state index in [1.807, 2.05) is 0 Å². The van der Waals surface area contributed by atoms with Crippen molar-refractivity contribution in [3.05, 3.63) is 24.5 Å². The van der Waals surface area contributed by atoms with E-state index in [2.05, 4.69) is 4.98 Å². The van der Waals surface area contributed by atoms with E-state index in [1.165, 1.54) is 18.5 Å². The first-order chi connectivity index (χ1) is 6.67. The summed E-state index contributed by atoms with van der Waals surface area (Å²) in [6, 6.07) is 3.13. The Morgan fingerprint density at radius 3 is 2.71 bits per heavy atom. The summed E-state index contributed by atoms with van der Waals surface area (Å²) in [5, 5.41) is 8.53. The van der Waals surface area contributed by atoms with Gasteiger partial charge < -0.3 is 5.11 Å². The van der Waals surface area contributed by atoms with E-state index in [4.69, 9.17) is 5.11 Å². The van der Waals surface area contributed by atoms with Crippen molar-refractivity contribution >= 4 is 9.84 Å². The van der Waals surface area contributed by atoms with Crippen molar-refractivity contribution < 1.29 is 13.5 Å². The van der Waals surface area contributed by atoms with Gasteiger partial charge in [-0.25, -0.2) is 8.42 Å². The Kier molecular flexibility index (Phi) is 4.03. The second-order valence-corrected chi connectivity index (χ2v) is 5.05. The summed E-state index contributed by atoms with van der Waals surface area (Å²) in [5.41, 5.74) is 0. The Morgan fingerprint density at radius 2 is 2.14 bits per heavy atom. The van der Waals surface area contributed by atoms with Crippen LogP contribution in [0.15, 0.2) is 29.4 Å². The average molecular weight is 215 g/mol. The van der Waals surface area contributed by atoms with E-state index < -0.39 is 9.84 Å². The molecule has 0 radical (unpaired) electrons. The first kappa shape index (κ1) is 11.1. The zero-order chi connectivity index (χ0) is 10.4. The highest BCUT2D eigenvalue weighted by Crippen LogP contribution is 2.10. The Hall–Kier alpha value is -0.940. The lowest BCUT2D eigenvalue weighted by molar-refractivity contribution is 0.287. The van der Waals surface area contributed by atoms with Crippen LogP contribution in [-0.4, -0.2) is 30.9 Å². The molecule has 0 bridgehead atoms. The average Bonchev–Trinajstić information content (AvgIpc) is 2.19. The van der Waals surface area contributed by atoms with Crippen molar-refractivity contribution in [3.8, 4) is 0 Å². The molecule has 0 aromatic carbocycles. The van der Waals surface area contributed by atoms with Crippen LogP contribution in [0.2, 0.25) is 0 Å². The zero-order valence-corrected chi connectivity index (χ0v) is 8.57. The molecule has 0 spiro atoms. The van der Waals surface area contributed by atoms with Gasteiger partial charge in [0.05, 0.1) is 10.6 Å². The van der Waals surface area contributed by atoms with Crippen LogP contribution in [0.3, 0.4) is 0 Å². The summed E-state index contributed by atoms with van der Waals surface area (Å²) < 4.78 is 23.2. The van der Waals surface area contributed by atoms with E-state index in [0.717, 1.165) is 0 Å². The van der Waals surface area contributed by atoms with Gasteiger partial charge in [0.1, 0.15) is 0 Å². The van der Waals surface area contributed by atoms with Crippen LogP contribution in [0, 0.1) is 0 Å². The molecule has 0 saturated carbocycles. The largest absolute Gasteiger partial charge is 0.396 e. The van der Waals surface area contributed by atoms with Gasteiger partial charge in [0.2, 0.25) is 0 Å². The van der Waals surface area contributed by atoms with E-state index in [9.17, 15) is 8.42 Å². The standard InChI is InChI=1S/C9H13NO3S/c11-6-1-2-7-14(12,13)9-4-3-5-10-8-9/h3-5,8,11H,1-2,6-7H2. The first-order valence-electron chi connectivity index (χ1n) is 4.40. The number of hydrogen-bond acceptors (Lipinski definition) is 4. The summed E-state index contributed by atoms with van der Waals surface area (Å²) >= 11 is 0. The molecular formula is C9H13NO3S. The zero-order valence-electron chi connectivity index (χ0n) is 7.76. The van der Waals surface area contributed by atoms with Crippen LogP contribution in [0.25, 0.3) is 0 Å². The number of nitrogens with zero attached hydrogens (tertiary/aromatic N) is 1. The number of rotatable bonds is 5. The number of sulfone groups is 1. The molecule has 0 aliphatic rings. The number of hydrogen-bond donors (Lipinski definition) is 1. The van der Waals surface area contributed by atoms with Gasteiger partial charge in [-0.1, -0.05) is 0 Å². The Balaban J connectivity index is 2.67. The van der Waals surface area contributed by atoms with Crippen molar-refractivity contribution in [1.82, 2.24) is 4.98 Å². The molecule has 0 atom stereocenters. The third kappa shape index (κ3) is 3.08. The fourth-order valence-corrected chi connectivity index (χ4v) is 2.38. The maximum Gasteiger partial charge on any atom is 0.179 e. The number of aromatic nitrogens is 1. The number of unbranched alkanes of at least 4 members (excludes halogenated alkanes) is 1. The van der Waals surface area contributed by atoms with Crippen molar-refractivity contribution in [2.75, 3.05) is 12.4 Å². The van der Waals surface area contributed by atoms with Gasteiger partial charge in [-0.15, -0.1) is 0 Å². The minimum Gasteiger partial charge on any atom is -0.396 e. The molecule has 0 amide bonds. The topological polar surface area (TPSA) is 67.3 Å². The van der Waals surface area contributed by atoms with Gasteiger partial charge in [0.15, 0.2) is 9.84 Å². The third-order valence-electron chi connectivity index (χ3n) is 1.81. The van der Waals surface area contributed by atoms with Crippen LogP contribution >= 0.6 is 0 Å². The molecule has 0 fully saturated rings. The molecule has 1 aromatic heterocycles. The monoisotopic (exact) mass is 215 g/mol. The van der Waals surface area contributed by atoms with Gasteiger partial charge in [-0.05, 0) is 25.0 Å². The molecule has 1 N–H and O–H groups in total. The molecule has 4 nitrogen and oxygen atoms in total. The minimum absolute atomic E-state index is 0.0303. The third-order valence-corrected chi connectivity index (χ3v) is 3.60. The van der Waals surface area contributed by atoms with Gasteiger partial charge in [0, 0.05) is 19.0 Å². The van der Waals surface area contributed by atoms with Crippen molar-refractivity contribution in [1.29, 1.82) is 0 Å². The van der Waals surface area contributed by atoms with Gasteiger partial charge in [0.25, 0.3) is 0 Å². The molecule has 1 heterocycles. The summed E-state index contributed by atoms with van der Waals surface area (Å²) in [6.07, 6.45) is 3.87. The Bertz CT molecular complexity index is 361. The molecule has 14 heavy (non-hydrogen) atoms. The van der Waals surface area contributed by atoms with Gasteiger partial charge in [-0.2, -0.15) is 0 Å². The van der Waals surface area contributed by atoms with Crippen molar-refractivity contribution in [3.63, 3.8) is 0 Å². The number of aliphatic hydroxyl groups is 1. The maximum atomic E-state index is 11.6. The van der Waals surface area contributed by atoms with E-state index >= 15 is 0 Å². The lowest BCUT2D eigenvalue weighted by Crippen LogP contribution is -2.07. The van der Waals surface area contributed by atoms with Crippen molar-refractivity contribution in [2.45, 2.75) is 17.7 Å². The lowest BCUT2D eigenvalue weighted by Gasteiger charge is -2.02. The normalized spacial score (nSPS) is 11.5. The van der Waals surface area contributed by atoms with Gasteiger partial charge >= 0.3 is 0 Å². The highest BCUT2D eigenvalue weighted by Gasteiger charge is 2.12. The maximum absolute atomic E-state index is 11.6. The highest BCUT2D eigenvalue weighted by molar-refractivity contribution is 7.91. The molecule has 78 valence electrons. The highest BCUT2D eigenvalue weighted by atomic mass is 32.2. The summed E-state index contributed by atoms with van der Waals surface area (Å²) in [7, 11) is -3.21. The minimum atomic E-state index is -3.21. The summed E-state index contributed by atoms with van der Waals surface area (Å²) in [4.78, 5) is 4.00. The SMILES string of the molecule is O=S(=O)(CCCCO)c1cccnc1. The summed E-state index contributed by atoms with van der Waals surface area (Å²) in [5.74, 6) is 0.0687. The summed E-state index contributed by atoms with van der Waals surface area (Å²) in [6.45, 7) is 0.0303.